The predicted molar refractivity (Wildman–Crippen MR) is 87.5 cm³/mol. The molecule has 0 spiro atoms. The van der Waals surface area contributed by atoms with Crippen molar-refractivity contribution in [3.05, 3.63) is 59.7 Å². The summed E-state index contributed by atoms with van der Waals surface area (Å²) in [6.07, 6.45) is -2.10. The van der Waals surface area contributed by atoms with Crippen molar-refractivity contribution in [1.29, 1.82) is 0 Å². The fraction of sp³-hybridized carbons (Fsp3) is 0.176. The Morgan fingerprint density at radius 3 is 2.59 bits per heavy atom. The zero-order valence-electron chi connectivity index (χ0n) is 13.9. The first-order valence-corrected chi connectivity index (χ1v) is 7.67. The zero-order valence-corrected chi connectivity index (χ0v) is 13.9. The molecule has 3 aromatic rings. The van der Waals surface area contributed by atoms with Crippen LogP contribution in [0.5, 0.6) is 0 Å². The molecular weight excluding hydrogens is 365 g/mol. The van der Waals surface area contributed by atoms with Crippen LogP contribution in [0.25, 0.3) is 11.4 Å². The Labute approximate surface area is 151 Å². The van der Waals surface area contributed by atoms with E-state index in [2.05, 4.69) is 25.0 Å². The van der Waals surface area contributed by atoms with Crippen molar-refractivity contribution < 1.29 is 27.2 Å². The summed E-state index contributed by atoms with van der Waals surface area (Å²) in [6, 6.07) is 7.70. The van der Waals surface area contributed by atoms with Gasteiger partial charge in [0.25, 0.3) is 0 Å². The summed E-state index contributed by atoms with van der Waals surface area (Å²) in [4.78, 5) is 19.1. The summed E-state index contributed by atoms with van der Waals surface area (Å²) in [6.45, 7) is 1.93. The molecule has 0 radical (unpaired) electrons. The first-order valence-electron chi connectivity index (χ1n) is 7.67. The van der Waals surface area contributed by atoms with Crippen molar-refractivity contribution >= 4 is 11.8 Å². The molecule has 0 saturated carbocycles. The van der Waals surface area contributed by atoms with E-state index in [1.54, 1.807) is 12.4 Å². The number of halogens is 3. The van der Waals surface area contributed by atoms with E-state index in [4.69, 9.17) is 4.74 Å². The van der Waals surface area contributed by atoms with Crippen LogP contribution in [0.2, 0.25) is 0 Å². The van der Waals surface area contributed by atoms with Gasteiger partial charge in [-0.15, -0.1) is 0 Å². The van der Waals surface area contributed by atoms with Crippen molar-refractivity contribution in [3.63, 3.8) is 0 Å². The Kier molecular flexibility index (Phi) is 5.06. The molecular formula is C17H13F3N4O3. The molecule has 0 bridgehead atoms. The molecule has 0 aliphatic rings. The molecule has 27 heavy (non-hydrogen) atoms. The number of aryl methyl sites for hydroxylation is 1. The van der Waals surface area contributed by atoms with E-state index in [0.717, 1.165) is 11.1 Å². The minimum Gasteiger partial charge on any atom is -0.444 e. The Morgan fingerprint density at radius 2 is 1.96 bits per heavy atom. The largest absolute Gasteiger partial charge is 0.471 e. The fourth-order valence-corrected chi connectivity index (χ4v) is 2.16. The van der Waals surface area contributed by atoms with Crippen molar-refractivity contribution in [3.8, 4) is 11.4 Å². The van der Waals surface area contributed by atoms with Gasteiger partial charge in [-0.25, -0.2) is 4.79 Å². The second kappa shape index (κ2) is 7.44. The third-order valence-electron chi connectivity index (χ3n) is 3.36. The van der Waals surface area contributed by atoms with Crippen LogP contribution in [-0.2, 0) is 17.5 Å². The number of alkyl halides is 3. The molecule has 7 nitrogen and oxygen atoms in total. The minimum atomic E-state index is -4.71. The molecule has 0 aliphatic heterocycles. The van der Waals surface area contributed by atoms with E-state index >= 15 is 0 Å². The zero-order chi connectivity index (χ0) is 19.4. The molecule has 1 N–H and O–H groups in total. The van der Waals surface area contributed by atoms with Crippen molar-refractivity contribution in [1.82, 2.24) is 15.1 Å². The molecule has 0 saturated heterocycles. The van der Waals surface area contributed by atoms with Crippen molar-refractivity contribution in [2.75, 3.05) is 5.32 Å². The van der Waals surface area contributed by atoms with Gasteiger partial charge in [-0.1, -0.05) is 5.16 Å². The van der Waals surface area contributed by atoms with Crippen LogP contribution in [0.4, 0.5) is 23.7 Å². The topological polar surface area (TPSA) is 90.1 Å². The number of aromatic nitrogens is 3. The van der Waals surface area contributed by atoms with Crippen molar-refractivity contribution in [2.45, 2.75) is 19.7 Å². The standard InChI is InChI=1S/C17H13F3N4O3/c1-10-6-11(8-21-7-10)9-26-16(25)22-13-4-2-12(3-5-13)14-23-15(27-24-14)17(18,19)20/h2-8H,9H2,1H3,(H,22,25). The highest BCUT2D eigenvalue weighted by atomic mass is 19.4. The number of nitrogens with zero attached hydrogens (tertiary/aromatic N) is 3. The van der Waals surface area contributed by atoms with Gasteiger partial charge in [-0.05, 0) is 42.8 Å². The average Bonchev–Trinajstić information content (AvgIpc) is 3.11. The highest BCUT2D eigenvalue weighted by Crippen LogP contribution is 2.29. The van der Waals surface area contributed by atoms with Gasteiger partial charge >= 0.3 is 18.2 Å². The lowest BCUT2D eigenvalue weighted by Gasteiger charge is -2.07. The number of rotatable bonds is 4. The third kappa shape index (κ3) is 4.81. The molecule has 2 aromatic heterocycles. The van der Waals surface area contributed by atoms with Gasteiger partial charge in [0.2, 0.25) is 5.82 Å². The summed E-state index contributed by atoms with van der Waals surface area (Å²) in [5.74, 6) is -1.63. The molecule has 0 aliphatic carbocycles. The fourth-order valence-electron chi connectivity index (χ4n) is 2.16. The van der Waals surface area contributed by atoms with Crippen LogP contribution in [-0.4, -0.2) is 21.2 Å². The Bertz CT molecular complexity index is 939. The summed E-state index contributed by atoms with van der Waals surface area (Å²) in [7, 11) is 0. The Balaban J connectivity index is 1.58. The average molecular weight is 378 g/mol. The number of carbonyl (C=O) groups excluding carboxylic acids is 1. The SMILES string of the molecule is Cc1cncc(COC(=O)Nc2ccc(-c3noc(C(F)(F)F)n3)cc2)c1. The van der Waals surface area contributed by atoms with Gasteiger partial charge in [-0.2, -0.15) is 18.2 Å². The van der Waals surface area contributed by atoms with E-state index in [1.165, 1.54) is 24.3 Å². The van der Waals surface area contributed by atoms with Gasteiger partial charge in [0.05, 0.1) is 0 Å². The van der Waals surface area contributed by atoms with Gasteiger partial charge in [-0.3, -0.25) is 10.3 Å². The maximum Gasteiger partial charge on any atom is 0.471 e. The lowest BCUT2D eigenvalue weighted by Crippen LogP contribution is -2.13. The lowest BCUT2D eigenvalue weighted by atomic mass is 10.2. The third-order valence-corrected chi connectivity index (χ3v) is 3.36. The monoisotopic (exact) mass is 378 g/mol. The summed E-state index contributed by atoms with van der Waals surface area (Å²) in [5, 5.41) is 5.80. The molecule has 3 rings (SSSR count). The Hall–Kier alpha value is -3.43. The lowest BCUT2D eigenvalue weighted by molar-refractivity contribution is -0.159. The van der Waals surface area contributed by atoms with E-state index in [1.807, 2.05) is 13.0 Å². The maximum absolute atomic E-state index is 12.5. The minimum absolute atomic E-state index is 0.0572. The summed E-state index contributed by atoms with van der Waals surface area (Å²) >= 11 is 0. The van der Waals surface area contributed by atoms with Crippen LogP contribution in [0.3, 0.4) is 0 Å². The number of pyridine rings is 1. The maximum atomic E-state index is 12.5. The van der Waals surface area contributed by atoms with Gasteiger partial charge in [0.1, 0.15) is 6.61 Å². The first-order chi connectivity index (χ1) is 12.8. The van der Waals surface area contributed by atoms with Gasteiger partial charge in [0.15, 0.2) is 0 Å². The molecule has 0 atom stereocenters. The number of ether oxygens (including phenoxy) is 1. The van der Waals surface area contributed by atoms with Crippen LogP contribution in [0, 0.1) is 6.92 Å². The number of hydrogen-bond acceptors (Lipinski definition) is 6. The van der Waals surface area contributed by atoms with Gasteiger partial charge in [0, 0.05) is 29.2 Å². The first kappa shape index (κ1) is 18.4. The van der Waals surface area contributed by atoms with E-state index in [-0.39, 0.29) is 12.4 Å². The molecule has 10 heteroatoms. The Morgan fingerprint density at radius 1 is 1.22 bits per heavy atom. The molecule has 1 amide bonds. The quantitative estimate of drug-likeness (QED) is 0.732. The van der Waals surface area contributed by atoms with Crippen LogP contribution in [0.1, 0.15) is 17.0 Å². The van der Waals surface area contributed by atoms with Crippen LogP contribution >= 0.6 is 0 Å². The summed E-state index contributed by atoms with van der Waals surface area (Å²) < 4.78 is 46.7. The van der Waals surface area contributed by atoms with E-state index < -0.39 is 18.2 Å². The van der Waals surface area contributed by atoms with Crippen LogP contribution in [0.15, 0.2) is 47.2 Å². The highest BCUT2D eigenvalue weighted by Gasteiger charge is 2.38. The number of amides is 1. The van der Waals surface area contributed by atoms with E-state index in [9.17, 15) is 18.0 Å². The predicted octanol–water partition coefficient (Wildman–Crippen LogP) is 4.21. The van der Waals surface area contributed by atoms with Crippen LogP contribution < -0.4 is 5.32 Å². The van der Waals surface area contributed by atoms with Crippen molar-refractivity contribution in [2.24, 2.45) is 0 Å². The number of benzene rings is 1. The number of hydrogen-bond donors (Lipinski definition) is 1. The van der Waals surface area contributed by atoms with E-state index in [0.29, 0.717) is 11.3 Å². The number of carbonyl (C=O) groups is 1. The molecule has 0 fully saturated rings. The molecule has 1 aromatic carbocycles. The molecule has 140 valence electrons. The molecule has 2 heterocycles. The second-order valence-electron chi connectivity index (χ2n) is 5.57. The smallest absolute Gasteiger partial charge is 0.444 e. The number of nitrogens with one attached hydrogen (secondary N) is 1. The summed E-state index contributed by atoms with van der Waals surface area (Å²) in [5.41, 5.74) is 2.39. The highest BCUT2D eigenvalue weighted by molar-refractivity contribution is 5.84. The van der Waals surface area contributed by atoms with Gasteiger partial charge < -0.3 is 9.26 Å². The number of anilines is 1. The molecule has 0 unspecified atom stereocenters. The second-order valence-corrected chi connectivity index (χ2v) is 5.57. The normalized spacial score (nSPS) is 11.3.